The minimum atomic E-state index is -0.117. The molecule has 3 aromatic rings. The van der Waals surface area contributed by atoms with Crippen molar-refractivity contribution in [1.82, 2.24) is 20.4 Å². The predicted octanol–water partition coefficient (Wildman–Crippen LogP) is 5.81. The van der Waals surface area contributed by atoms with Crippen LogP contribution in [0.1, 0.15) is 81.5 Å². The van der Waals surface area contributed by atoms with Gasteiger partial charge in [0.15, 0.2) is 5.82 Å². The smallest absolute Gasteiger partial charge is 0.229 e. The van der Waals surface area contributed by atoms with Gasteiger partial charge in [-0.25, -0.2) is 0 Å². The summed E-state index contributed by atoms with van der Waals surface area (Å²) in [6, 6.07) is 11.7. The fourth-order valence-corrected chi connectivity index (χ4v) is 4.64. The Hall–Kier alpha value is -3.40. The zero-order valence-corrected chi connectivity index (χ0v) is 23.3. The predicted molar refractivity (Wildman–Crippen MR) is 154 cm³/mol. The number of aryl methyl sites for hydroxylation is 2. The van der Waals surface area contributed by atoms with Gasteiger partial charge < -0.3 is 16.0 Å². The molecule has 204 valence electrons. The quantitative estimate of drug-likeness (QED) is 0.186. The number of benzene rings is 1. The largest absolute Gasteiger partial charge is 0.385 e. The summed E-state index contributed by atoms with van der Waals surface area (Å²) in [6.45, 7) is 5.19. The molecule has 3 rings (SSSR count). The number of hydrogen-bond donors (Lipinski definition) is 3. The van der Waals surface area contributed by atoms with Crippen LogP contribution in [0.4, 0.5) is 16.6 Å². The molecule has 0 aliphatic rings. The lowest BCUT2D eigenvalue weighted by molar-refractivity contribution is -0.116. The second kappa shape index (κ2) is 16.4. The van der Waals surface area contributed by atoms with Gasteiger partial charge in [0.25, 0.3) is 0 Å². The van der Waals surface area contributed by atoms with Crippen molar-refractivity contribution in [3.63, 3.8) is 0 Å². The third kappa shape index (κ3) is 10.9. The monoisotopic (exact) mass is 537 g/mol. The fraction of sp³-hybridized carbons (Fsp3) is 0.500. The van der Waals surface area contributed by atoms with Crippen molar-refractivity contribution in [3.05, 3.63) is 52.7 Å². The molecule has 0 spiro atoms. The van der Waals surface area contributed by atoms with Crippen LogP contribution >= 0.6 is 11.3 Å². The van der Waals surface area contributed by atoms with Gasteiger partial charge in [-0.15, -0.1) is 15.3 Å². The number of unbranched alkanes of at least 4 members (excludes halogenated alkanes) is 4. The number of rotatable bonds is 17. The average Bonchev–Trinajstić information content (AvgIpc) is 3.36. The molecule has 0 fully saturated rings. The fourth-order valence-electron chi connectivity index (χ4n) is 3.84. The molecular formula is C28H39N7O2S. The van der Waals surface area contributed by atoms with Crippen LogP contribution in [0.5, 0.6) is 0 Å². The molecule has 0 radical (unpaired) electrons. The maximum Gasteiger partial charge on any atom is 0.229 e. The first-order valence-electron chi connectivity index (χ1n) is 13.6. The molecule has 38 heavy (non-hydrogen) atoms. The molecule has 0 aliphatic heterocycles. The Morgan fingerprint density at radius 1 is 0.816 bits per heavy atom. The van der Waals surface area contributed by atoms with E-state index in [1.165, 1.54) is 24.2 Å². The summed E-state index contributed by atoms with van der Waals surface area (Å²) in [7, 11) is 0. The van der Waals surface area contributed by atoms with Gasteiger partial charge in [-0.3, -0.25) is 9.59 Å². The van der Waals surface area contributed by atoms with Crippen LogP contribution in [0, 0.1) is 0 Å². The molecule has 3 N–H and O–H groups in total. The van der Waals surface area contributed by atoms with Gasteiger partial charge in [-0.1, -0.05) is 56.6 Å². The van der Waals surface area contributed by atoms with E-state index in [1.54, 1.807) is 6.07 Å². The topological polar surface area (TPSA) is 122 Å². The van der Waals surface area contributed by atoms with Crippen LogP contribution < -0.4 is 16.0 Å². The summed E-state index contributed by atoms with van der Waals surface area (Å²) < 4.78 is 0. The Balaban J connectivity index is 1.35. The summed E-state index contributed by atoms with van der Waals surface area (Å²) in [5.41, 5.74) is 2.87. The lowest BCUT2D eigenvalue weighted by Gasteiger charge is -2.09. The van der Waals surface area contributed by atoms with Crippen LogP contribution in [0.15, 0.2) is 36.4 Å². The molecule has 2 amide bonds. The van der Waals surface area contributed by atoms with E-state index in [4.69, 9.17) is 0 Å². The molecule has 0 bridgehead atoms. The first-order valence-corrected chi connectivity index (χ1v) is 14.4. The van der Waals surface area contributed by atoms with Crippen LogP contribution in [0.3, 0.4) is 0 Å². The van der Waals surface area contributed by atoms with Crippen LogP contribution in [-0.4, -0.2) is 38.8 Å². The number of anilines is 3. The van der Waals surface area contributed by atoms with Gasteiger partial charge in [0, 0.05) is 25.1 Å². The minimum Gasteiger partial charge on any atom is -0.385 e. The summed E-state index contributed by atoms with van der Waals surface area (Å²) in [6.07, 6.45) is 9.66. The third-order valence-corrected chi connectivity index (χ3v) is 6.83. The molecule has 0 unspecified atom stereocenters. The number of carbonyl (C=O) groups is 2. The molecule has 0 aliphatic carbocycles. The Bertz CT molecular complexity index is 1130. The standard InChI is InChI=1S/C28H39N7O2S/c1-3-5-9-18-29-23-13-10-11-21(19-23)20-26(37)30-24-17-16-22(32-33-24)12-7-8-15-27-34-35-28(38-27)31-25(36)14-6-4-2/h10-11,13,16-17,19,29H,3-9,12,14-15,18,20H2,1-2H3,(H,30,33,37)(H,31,35,36). The lowest BCUT2D eigenvalue weighted by atomic mass is 10.1. The number of amides is 2. The van der Waals surface area contributed by atoms with Crippen LogP contribution in [0.2, 0.25) is 0 Å². The van der Waals surface area contributed by atoms with E-state index in [2.05, 4.69) is 50.2 Å². The SMILES string of the molecule is CCCCCNc1cccc(CC(=O)Nc2ccc(CCCCc3nnc(NC(=O)CCCC)s3)nn2)c1. The molecular weight excluding hydrogens is 498 g/mol. The zero-order chi connectivity index (χ0) is 27.0. The summed E-state index contributed by atoms with van der Waals surface area (Å²) >= 11 is 1.43. The van der Waals surface area contributed by atoms with Gasteiger partial charge in [0.05, 0.1) is 12.1 Å². The van der Waals surface area contributed by atoms with Crippen LogP contribution in [-0.2, 0) is 28.9 Å². The van der Waals surface area contributed by atoms with Crippen molar-refractivity contribution in [3.8, 4) is 0 Å². The summed E-state index contributed by atoms with van der Waals surface area (Å²) in [4.78, 5) is 24.3. The van der Waals surface area contributed by atoms with Crippen molar-refractivity contribution in [1.29, 1.82) is 0 Å². The Morgan fingerprint density at radius 3 is 2.45 bits per heavy atom. The maximum atomic E-state index is 12.5. The highest BCUT2D eigenvalue weighted by molar-refractivity contribution is 7.15. The minimum absolute atomic E-state index is 0.00701. The van der Waals surface area contributed by atoms with Crippen molar-refractivity contribution >= 4 is 39.8 Å². The molecule has 1 aromatic carbocycles. The lowest BCUT2D eigenvalue weighted by Crippen LogP contribution is -2.16. The molecule has 2 aromatic heterocycles. The maximum absolute atomic E-state index is 12.5. The number of nitrogens with zero attached hydrogens (tertiary/aromatic N) is 4. The second-order valence-corrected chi connectivity index (χ2v) is 10.4. The van der Waals surface area contributed by atoms with E-state index in [-0.39, 0.29) is 18.2 Å². The van der Waals surface area contributed by atoms with Gasteiger partial charge in [-0.05, 0) is 61.9 Å². The molecule has 0 atom stereocenters. The summed E-state index contributed by atoms with van der Waals surface area (Å²) in [5, 5.41) is 27.2. The van der Waals surface area contributed by atoms with Crippen molar-refractivity contribution in [2.24, 2.45) is 0 Å². The Kier molecular flexibility index (Phi) is 12.6. The van der Waals surface area contributed by atoms with Gasteiger partial charge in [-0.2, -0.15) is 5.10 Å². The third-order valence-electron chi connectivity index (χ3n) is 5.93. The van der Waals surface area contributed by atoms with Gasteiger partial charge >= 0.3 is 0 Å². The van der Waals surface area contributed by atoms with Crippen molar-refractivity contribution < 1.29 is 9.59 Å². The number of nitrogens with one attached hydrogen (secondary N) is 3. The molecule has 10 heteroatoms. The van der Waals surface area contributed by atoms with E-state index in [9.17, 15) is 9.59 Å². The van der Waals surface area contributed by atoms with E-state index in [0.29, 0.717) is 17.4 Å². The Labute approximate surface area is 229 Å². The number of carbonyl (C=O) groups excluding carboxylic acids is 2. The van der Waals surface area contributed by atoms with E-state index >= 15 is 0 Å². The summed E-state index contributed by atoms with van der Waals surface area (Å²) in [5.74, 6) is 0.329. The zero-order valence-electron chi connectivity index (χ0n) is 22.5. The highest BCUT2D eigenvalue weighted by Crippen LogP contribution is 2.18. The number of aromatic nitrogens is 4. The van der Waals surface area contributed by atoms with E-state index in [1.807, 2.05) is 30.3 Å². The molecule has 0 saturated carbocycles. The number of hydrogen-bond acceptors (Lipinski definition) is 8. The highest BCUT2D eigenvalue weighted by Gasteiger charge is 2.09. The molecule has 2 heterocycles. The first-order chi connectivity index (χ1) is 18.6. The molecule has 0 saturated heterocycles. The van der Waals surface area contributed by atoms with E-state index in [0.717, 1.165) is 73.4 Å². The first kappa shape index (κ1) is 29.2. The van der Waals surface area contributed by atoms with Crippen LogP contribution in [0.25, 0.3) is 0 Å². The highest BCUT2D eigenvalue weighted by atomic mass is 32.1. The van der Waals surface area contributed by atoms with Crippen molar-refractivity contribution in [2.75, 3.05) is 22.5 Å². The average molecular weight is 538 g/mol. The van der Waals surface area contributed by atoms with Gasteiger partial charge in [0.2, 0.25) is 16.9 Å². The second-order valence-electron chi connectivity index (χ2n) is 9.33. The molecule has 9 nitrogen and oxygen atoms in total. The van der Waals surface area contributed by atoms with Gasteiger partial charge in [0.1, 0.15) is 5.01 Å². The van der Waals surface area contributed by atoms with Crippen molar-refractivity contribution in [2.45, 2.75) is 84.5 Å². The normalized spacial score (nSPS) is 10.8. The Morgan fingerprint density at radius 2 is 1.66 bits per heavy atom. The van der Waals surface area contributed by atoms with E-state index < -0.39 is 0 Å².